The summed E-state index contributed by atoms with van der Waals surface area (Å²) in [5.74, 6) is -2.50. The summed E-state index contributed by atoms with van der Waals surface area (Å²) in [4.78, 5) is 35.7. The number of carboxylic acids is 1. The highest BCUT2D eigenvalue weighted by Gasteiger charge is 2.41. The van der Waals surface area contributed by atoms with Crippen molar-refractivity contribution in [2.45, 2.75) is 25.2 Å². The van der Waals surface area contributed by atoms with Crippen LogP contribution < -0.4 is 16.1 Å². The predicted octanol–water partition coefficient (Wildman–Crippen LogP) is 2.48. The number of aromatic nitrogens is 2. The van der Waals surface area contributed by atoms with Crippen LogP contribution in [-0.2, 0) is 11.4 Å². The van der Waals surface area contributed by atoms with Crippen LogP contribution in [0, 0.1) is 11.7 Å². The number of anilines is 1. The van der Waals surface area contributed by atoms with Crippen LogP contribution in [-0.4, -0.2) is 52.1 Å². The Labute approximate surface area is 198 Å². The second kappa shape index (κ2) is 9.06. The van der Waals surface area contributed by atoms with Crippen molar-refractivity contribution >= 4 is 28.5 Å². The zero-order chi connectivity index (χ0) is 24.7. The normalized spacial score (nSPS) is 22.7. The first kappa shape index (κ1) is 22.9. The molecular formula is C24H23F2N5O4. The smallest absolute Gasteiger partial charge is 0.341 e. The van der Waals surface area contributed by atoms with Crippen LogP contribution in [0.3, 0.4) is 0 Å². The number of nitrogens with two attached hydrogens (primary N) is 1. The molecule has 1 saturated carbocycles. The lowest BCUT2D eigenvalue weighted by Gasteiger charge is -2.19. The summed E-state index contributed by atoms with van der Waals surface area (Å²) >= 11 is 0. The minimum atomic E-state index is -1.46. The topological polar surface area (TPSA) is 123 Å². The number of carboxylic acid groups (broad SMARTS) is 1. The van der Waals surface area contributed by atoms with Crippen molar-refractivity contribution in [1.29, 1.82) is 0 Å². The van der Waals surface area contributed by atoms with E-state index in [1.165, 1.54) is 4.57 Å². The van der Waals surface area contributed by atoms with Gasteiger partial charge in [-0.3, -0.25) is 4.79 Å². The lowest BCUT2D eigenvalue weighted by atomic mass is 10.1. The predicted molar refractivity (Wildman–Crippen MR) is 125 cm³/mol. The monoisotopic (exact) mass is 483 g/mol. The van der Waals surface area contributed by atoms with Crippen LogP contribution in [0.25, 0.3) is 11.0 Å². The molecule has 1 aliphatic heterocycles. The van der Waals surface area contributed by atoms with Gasteiger partial charge >= 0.3 is 5.97 Å². The zero-order valence-corrected chi connectivity index (χ0v) is 18.6. The average molecular weight is 483 g/mol. The molecule has 1 aromatic carbocycles. The van der Waals surface area contributed by atoms with E-state index in [-0.39, 0.29) is 48.9 Å². The largest absolute Gasteiger partial charge is 0.477 e. The van der Waals surface area contributed by atoms with E-state index in [4.69, 9.17) is 10.6 Å². The lowest BCUT2D eigenvalue weighted by Crippen LogP contribution is -2.26. The molecule has 2 aliphatic rings. The molecule has 2 fully saturated rings. The summed E-state index contributed by atoms with van der Waals surface area (Å²) < 4.78 is 30.4. The maximum absolute atomic E-state index is 15.2. The Morgan fingerprint density at radius 1 is 1.31 bits per heavy atom. The van der Waals surface area contributed by atoms with Crippen molar-refractivity contribution in [3.8, 4) is 0 Å². The molecule has 3 aromatic rings. The molecule has 1 saturated heterocycles. The molecule has 0 radical (unpaired) electrons. The number of nitrogens with zero attached hydrogens (tertiary/aromatic N) is 4. The van der Waals surface area contributed by atoms with Crippen molar-refractivity contribution in [2.24, 2.45) is 16.8 Å². The standard InChI is InChI=1S/C24H23F2N5O4/c25-17-7-20(17)31-10-16(24(33)34)21(32)15-6-18(26)23(28-22(15)31)30-9-14(8-27)19(11-30)29-35-12-13-4-2-1-3-5-13/h1-6,10,14,17,20H,7-9,11-12,27H2,(H,33,34)/b29-19+/t14?,17-,20+/m0/s1. The van der Waals surface area contributed by atoms with Crippen molar-refractivity contribution < 1.29 is 23.5 Å². The third-order valence-corrected chi connectivity index (χ3v) is 6.31. The summed E-state index contributed by atoms with van der Waals surface area (Å²) in [6.45, 7) is 1.07. The van der Waals surface area contributed by atoms with Gasteiger partial charge in [0.1, 0.15) is 24.0 Å². The molecule has 0 amide bonds. The Hall–Kier alpha value is -3.86. The fourth-order valence-corrected chi connectivity index (χ4v) is 4.30. The lowest BCUT2D eigenvalue weighted by molar-refractivity contribution is 0.0694. The van der Waals surface area contributed by atoms with Gasteiger partial charge in [0.25, 0.3) is 0 Å². The van der Waals surface area contributed by atoms with Crippen molar-refractivity contribution in [1.82, 2.24) is 9.55 Å². The van der Waals surface area contributed by atoms with E-state index in [1.807, 2.05) is 30.3 Å². The molecule has 35 heavy (non-hydrogen) atoms. The van der Waals surface area contributed by atoms with Crippen molar-refractivity contribution in [2.75, 3.05) is 24.5 Å². The highest BCUT2D eigenvalue weighted by Crippen LogP contribution is 2.40. The van der Waals surface area contributed by atoms with E-state index in [0.29, 0.717) is 12.3 Å². The highest BCUT2D eigenvalue weighted by atomic mass is 19.1. The van der Waals surface area contributed by atoms with Gasteiger partial charge < -0.3 is 25.1 Å². The van der Waals surface area contributed by atoms with Gasteiger partial charge in [-0.05, 0) is 11.6 Å². The number of aromatic carboxylic acids is 1. The molecule has 3 heterocycles. The van der Waals surface area contributed by atoms with Crippen LogP contribution in [0.4, 0.5) is 14.6 Å². The number of hydrogen-bond acceptors (Lipinski definition) is 7. The Balaban J connectivity index is 1.48. The van der Waals surface area contributed by atoms with E-state index in [1.54, 1.807) is 4.90 Å². The van der Waals surface area contributed by atoms with E-state index in [2.05, 4.69) is 10.1 Å². The van der Waals surface area contributed by atoms with Gasteiger partial charge in [-0.2, -0.15) is 0 Å². The molecule has 0 bridgehead atoms. The molecule has 3 atom stereocenters. The third-order valence-electron chi connectivity index (χ3n) is 6.31. The number of pyridine rings is 2. The second-order valence-electron chi connectivity index (χ2n) is 8.72. The number of hydrogen-bond donors (Lipinski definition) is 2. The summed E-state index contributed by atoms with van der Waals surface area (Å²) in [6, 6.07) is 9.83. The third kappa shape index (κ3) is 4.34. The van der Waals surface area contributed by atoms with Gasteiger partial charge in [0, 0.05) is 31.6 Å². The van der Waals surface area contributed by atoms with Crippen LogP contribution >= 0.6 is 0 Å². The molecule has 9 nitrogen and oxygen atoms in total. The van der Waals surface area contributed by atoms with Crippen LogP contribution in [0.5, 0.6) is 0 Å². The van der Waals surface area contributed by atoms with Crippen molar-refractivity contribution in [3.05, 3.63) is 69.8 Å². The van der Waals surface area contributed by atoms with Gasteiger partial charge in [0.15, 0.2) is 11.6 Å². The number of carbonyl (C=O) groups is 1. The molecule has 2 aromatic heterocycles. The second-order valence-corrected chi connectivity index (χ2v) is 8.72. The van der Waals surface area contributed by atoms with Gasteiger partial charge in [0.05, 0.1) is 23.7 Å². The number of alkyl halides is 1. The quantitative estimate of drug-likeness (QED) is 0.495. The molecule has 1 unspecified atom stereocenters. The van der Waals surface area contributed by atoms with Crippen molar-refractivity contribution in [3.63, 3.8) is 0 Å². The zero-order valence-electron chi connectivity index (χ0n) is 18.6. The van der Waals surface area contributed by atoms with E-state index >= 15 is 4.39 Å². The summed E-state index contributed by atoms with van der Waals surface area (Å²) in [5.41, 5.74) is 6.11. The number of fused-ring (bicyclic) bond motifs is 1. The fraction of sp³-hybridized carbons (Fsp3) is 0.333. The average Bonchev–Trinajstić information content (AvgIpc) is 3.43. The van der Waals surface area contributed by atoms with E-state index < -0.39 is 35.0 Å². The molecule has 3 N–H and O–H groups in total. The summed E-state index contributed by atoms with van der Waals surface area (Å²) in [5, 5.41) is 13.4. The van der Waals surface area contributed by atoms with Gasteiger partial charge in [0.2, 0.25) is 5.43 Å². The SMILES string of the molecule is NCC1CN(c2nc3c(cc2F)c(=O)c(C(=O)O)cn3[C@@H]2C[C@@H]2F)C/C1=N\OCc1ccccc1. The first-order valence-electron chi connectivity index (χ1n) is 11.2. The minimum absolute atomic E-state index is 0.0385. The minimum Gasteiger partial charge on any atom is -0.477 e. The van der Waals surface area contributed by atoms with Gasteiger partial charge in [-0.25, -0.2) is 18.6 Å². The molecule has 5 rings (SSSR count). The van der Waals surface area contributed by atoms with Crippen LogP contribution in [0.1, 0.15) is 28.4 Å². The summed E-state index contributed by atoms with van der Waals surface area (Å²) in [6.07, 6.45) is 0.0645. The molecule has 182 valence electrons. The number of rotatable bonds is 7. The Morgan fingerprint density at radius 3 is 2.71 bits per heavy atom. The Morgan fingerprint density at radius 2 is 2.06 bits per heavy atom. The fourth-order valence-electron chi connectivity index (χ4n) is 4.30. The van der Waals surface area contributed by atoms with Crippen LogP contribution in [0.15, 0.2) is 52.5 Å². The first-order valence-corrected chi connectivity index (χ1v) is 11.2. The highest BCUT2D eigenvalue weighted by molar-refractivity contribution is 5.95. The Bertz CT molecular complexity index is 1380. The van der Waals surface area contributed by atoms with Gasteiger partial charge in [-0.1, -0.05) is 35.5 Å². The first-order chi connectivity index (χ1) is 16.9. The van der Waals surface area contributed by atoms with E-state index in [9.17, 15) is 19.1 Å². The number of halogens is 2. The van der Waals surface area contributed by atoms with Gasteiger partial charge in [-0.15, -0.1) is 0 Å². The molecule has 11 heteroatoms. The number of oxime groups is 1. The maximum atomic E-state index is 15.2. The summed E-state index contributed by atoms with van der Waals surface area (Å²) in [7, 11) is 0. The van der Waals surface area contributed by atoms with E-state index in [0.717, 1.165) is 17.8 Å². The molecular weight excluding hydrogens is 460 g/mol. The molecule has 1 aliphatic carbocycles. The Kier molecular flexibility index (Phi) is 5.93. The number of benzene rings is 1. The molecule has 0 spiro atoms. The van der Waals surface area contributed by atoms with Crippen LogP contribution in [0.2, 0.25) is 0 Å². The maximum Gasteiger partial charge on any atom is 0.341 e.